The number of benzene rings is 1. The van der Waals surface area contributed by atoms with Gasteiger partial charge in [0.05, 0.1) is 12.8 Å². The minimum atomic E-state index is -0.990. The smallest absolute Gasteiger partial charge is 0.348 e. The first-order valence-electron chi connectivity index (χ1n) is 6.48. The standard InChI is InChI=1S/C16H12N2O3S/c1-21-12-4-2-3-11(9-12)13-14(16(19)20)22-15(18-13)10-5-7-17-8-6-10/h2-9H,1H3,(H,19,20). The average molecular weight is 312 g/mol. The molecule has 0 radical (unpaired) electrons. The van der Waals surface area contributed by atoms with Gasteiger partial charge in [-0.3, -0.25) is 4.98 Å². The molecule has 2 aromatic heterocycles. The summed E-state index contributed by atoms with van der Waals surface area (Å²) in [4.78, 5) is 20.2. The third kappa shape index (κ3) is 2.68. The minimum absolute atomic E-state index is 0.208. The summed E-state index contributed by atoms with van der Waals surface area (Å²) in [5.74, 6) is -0.331. The molecule has 0 spiro atoms. The minimum Gasteiger partial charge on any atom is -0.497 e. The molecular formula is C16H12N2O3S. The fourth-order valence-electron chi connectivity index (χ4n) is 2.05. The van der Waals surface area contributed by atoms with E-state index in [1.54, 1.807) is 43.8 Å². The van der Waals surface area contributed by atoms with E-state index in [1.807, 2.05) is 12.1 Å². The van der Waals surface area contributed by atoms with Crippen LogP contribution in [0.25, 0.3) is 21.8 Å². The van der Waals surface area contributed by atoms with Crippen molar-refractivity contribution in [1.82, 2.24) is 9.97 Å². The number of aromatic carboxylic acids is 1. The highest BCUT2D eigenvalue weighted by molar-refractivity contribution is 7.17. The third-order valence-electron chi connectivity index (χ3n) is 3.09. The van der Waals surface area contributed by atoms with Crippen LogP contribution in [0.5, 0.6) is 5.75 Å². The Morgan fingerprint density at radius 2 is 1.95 bits per heavy atom. The van der Waals surface area contributed by atoms with E-state index in [-0.39, 0.29) is 4.88 Å². The maximum Gasteiger partial charge on any atom is 0.348 e. The molecule has 0 saturated heterocycles. The van der Waals surface area contributed by atoms with Crippen molar-refractivity contribution in [2.75, 3.05) is 7.11 Å². The zero-order valence-electron chi connectivity index (χ0n) is 11.7. The summed E-state index contributed by atoms with van der Waals surface area (Å²) in [6, 6.07) is 10.8. The Morgan fingerprint density at radius 1 is 1.18 bits per heavy atom. The number of methoxy groups -OCH3 is 1. The second-order valence-corrected chi connectivity index (χ2v) is 5.47. The number of pyridine rings is 1. The number of thiazole rings is 1. The van der Waals surface area contributed by atoms with Crippen LogP contribution in [0.3, 0.4) is 0 Å². The molecule has 0 unspecified atom stereocenters. The van der Waals surface area contributed by atoms with Gasteiger partial charge in [0.15, 0.2) is 0 Å². The highest BCUT2D eigenvalue weighted by atomic mass is 32.1. The second kappa shape index (κ2) is 5.95. The van der Waals surface area contributed by atoms with E-state index in [0.29, 0.717) is 22.0 Å². The number of rotatable bonds is 4. The maximum atomic E-state index is 11.5. The predicted molar refractivity (Wildman–Crippen MR) is 84.3 cm³/mol. The fourth-order valence-corrected chi connectivity index (χ4v) is 2.98. The van der Waals surface area contributed by atoms with Crippen LogP contribution >= 0.6 is 11.3 Å². The SMILES string of the molecule is COc1cccc(-c2nc(-c3ccncc3)sc2C(=O)O)c1. The lowest BCUT2D eigenvalue weighted by molar-refractivity contribution is 0.0702. The summed E-state index contributed by atoms with van der Waals surface area (Å²) in [7, 11) is 1.57. The summed E-state index contributed by atoms with van der Waals surface area (Å²) < 4.78 is 5.19. The summed E-state index contributed by atoms with van der Waals surface area (Å²) >= 11 is 1.15. The molecule has 0 aliphatic carbocycles. The molecule has 0 fully saturated rings. The zero-order chi connectivity index (χ0) is 15.5. The van der Waals surface area contributed by atoms with Crippen molar-refractivity contribution in [2.45, 2.75) is 0 Å². The summed E-state index contributed by atoms with van der Waals surface area (Å²) in [5.41, 5.74) is 2.01. The van der Waals surface area contributed by atoms with Crippen molar-refractivity contribution >= 4 is 17.3 Å². The van der Waals surface area contributed by atoms with Gasteiger partial charge in [-0.1, -0.05) is 12.1 Å². The van der Waals surface area contributed by atoms with Crippen molar-refractivity contribution in [3.63, 3.8) is 0 Å². The van der Waals surface area contributed by atoms with Crippen molar-refractivity contribution < 1.29 is 14.6 Å². The summed E-state index contributed by atoms with van der Waals surface area (Å²) in [6.45, 7) is 0. The number of carbonyl (C=O) groups is 1. The van der Waals surface area contributed by atoms with Crippen molar-refractivity contribution in [3.8, 4) is 27.6 Å². The molecule has 0 atom stereocenters. The van der Waals surface area contributed by atoms with Gasteiger partial charge < -0.3 is 9.84 Å². The van der Waals surface area contributed by atoms with Crippen LogP contribution in [-0.2, 0) is 0 Å². The lowest BCUT2D eigenvalue weighted by Crippen LogP contribution is -1.95. The number of hydrogen-bond acceptors (Lipinski definition) is 5. The molecule has 0 aliphatic rings. The van der Waals surface area contributed by atoms with E-state index in [2.05, 4.69) is 9.97 Å². The van der Waals surface area contributed by atoms with Gasteiger partial charge in [-0.25, -0.2) is 9.78 Å². The third-order valence-corrected chi connectivity index (χ3v) is 4.18. The Kier molecular flexibility index (Phi) is 3.84. The second-order valence-electron chi connectivity index (χ2n) is 4.47. The van der Waals surface area contributed by atoms with Gasteiger partial charge >= 0.3 is 5.97 Å². The number of carboxylic acid groups (broad SMARTS) is 1. The Bertz CT molecular complexity index is 815. The normalized spacial score (nSPS) is 10.4. The van der Waals surface area contributed by atoms with Gasteiger partial charge in [0, 0.05) is 23.5 Å². The van der Waals surface area contributed by atoms with Gasteiger partial charge in [0.2, 0.25) is 0 Å². The van der Waals surface area contributed by atoms with E-state index < -0.39 is 5.97 Å². The number of nitrogens with zero attached hydrogens (tertiary/aromatic N) is 2. The molecule has 0 bridgehead atoms. The van der Waals surface area contributed by atoms with Crippen LogP contribution in [0.15, 0.2) is 48.8 Å². The molecule has 6 heteroatoms. The Hall–Kier alpha value is -2.73. The number of carboxylic acids is 1. The van der Waals surface area contributed by atoms with Crippen molar-refractivity contribution in [3.05, 3.63) is 53.7 Å². The van der Waals surface area contributed by atoms with Crippen LogP contribution in [0.1, 0.15) is 9.67 Å². The van der Waals surface area contributed by atoms with E-state index in [9.17, 15) is 9.90 Å². The predicted octanol–water partition coefficient (Wildman–Crippen LogP) is 3.58. The Balaban J connectivity index is 2.14. The van der Waals surface area contributed by atoms with Crippen LogP contribution in [0, 0.1) is 0 Å². The van der Waals surface area contributed by atoms with Crippen LogP contribution in [0.2, 0.25) is 0 Å². The number of hydrogen-bond donors (Lipinski definition) is 1. The molecule has 1 N–H and O–H groups in total. The molecule has 110 valence electrons. The van der Waals surface area contributed by atoms with Gasteiger partial charge in [-0.15, -0.1) is 11.3 Å². The molecule has 2 heterocycles. The first-order valence-corrected chi connectivity index (χ1v) is 7.29. The largest absolute Gasteiger partial charge is 0.497 e. The van der Waals surface area contributed by atoms with Crippen molar-refractivity contribution in [2.24, 2.45) is 0 Å². The molecule has 3 aromatic rings. The molecule has 0 amide bonds. The molecular weight excluding hydrogens is 300 g/mol. The van der Waals surface area contributed by atoms with E-state index in [4.69, 9.17) is 4.74 Å². The lowest BCUT2D eigenvalue weighted by atomic mass is 10.1. The van der Waals surface area contributed by atoms with Crippen LogP contribution in [0.4, 0.5) is 0 Å². The molecule has 22 heavy (non-hydrogen) atoms. The first-order chi connectivity index (χ1) is 10.7. The van der Waals surface area contributed by atoms with Gasteiger partial charge in [0.25, 0.3) is 0 Å². The summed E-state index contributed by atoms with van der Waals surface area (Å²) in [5, 5.41) is 10.1. The molecule has 1 aromatic carbocycles. The fraction of sp³-hybridized carbons (Fsp3) is 0.0625. The van der Waals surface area contributed by atoms with Crippen molar-refractivity contribution in [1.29, 1.82) is 0 Å². The monoisotopic (exact) mass is 312 g/mol. The Labute approximate surface area is 130 Å². The van der Waals surface area contributed by atoms with E-state index in [0.717, 1.165) is 16.9 Å². The Morgan fingerprint density at radius 3 is 2.64 bits per heavy atom. The lowest BCUT2D eigenvalue weighted by Gasteiger charge is -2.02. The van der Waals surface area contributed by atoms with Crippen LogP contribution < -0.4 is 4.74 Å². The quantitative estimate of drug-likeness (QED) is 0.797. The van der Waals surface area contributed by atoms with Gasteiger partial charge in [-0.05, 0) is 24.3 Å². The first kappa shape index (κ1) is 14.2. The topological polar surface area (TPSA) is 72.3 Å². The average Bonchev–Trinajstić information content (AvgIpc) is 3.01. The van der Waals surface area contributed by atoms with Gasteiger partial charge in [-0.2, -0.15) is 0 Å². The number of aromatic nitrogens is 2. The highest BCUT2D eigenvalue weighted by Crippen LogP contribution is 2.34. The highest BCUT2D eigenvalue weighted by Gasteiger charge is 2.19. The van der Waals surface area contributed by atoms with E-state index in [1.165, 1.54) is 0 Å². The summed E-state index contributed by atoms with van der Waals surface area (Å²) in [6.07, 6.45) is 3.31. The van der Waals surface area contributed by atoms with Gasteiger partial charge in [0.1, 0.15) is 15.6 Å². The van der Waals surface area contributed by atoms with E-state index >= 15 is 0 Å². The molecule has 0 aliphatic heterocycles. The number of ether oxygens (including phenoxy) is 1. The maximum absolute atomic E-state index is 11.5. The molecule has 0 saturated carbocycles. The molecule has 5 nitrogen and oxygen atoms in total. The molecule has 3 rings (SSSR count). The zero-order valence-corrected chi connectivity index (χ0v) is 12.5. The van der Waals surface area contributed by atoms with Crippen LogP contribution in [-0.4, -0.2) is 28.2 Å².